The van der Waals surface area contributed by atoms with Crippen LogP contribution < -0.4 is 10.5 Å². The van der Waals surface area contributed by atoms with Crippen molar-refractivity contribution in [3.63, 3.8) is 0 Å². The third-order valence-electron chi connectivity index (χ3n) is 1.60. The molecule has 0 atom stereocenters. The van der Waals surface area contributed by atoms with E-state index in [-0.39, 0.29) is 10.7 Å². The van der Waals surface area contributed by atoms with Crippen LogP contribution in [0.25, 0.3) is 0 Å². The van der Waals surface area contributed by atoms with Gasteiger partial charge in [0.25, 0.3) is 10.0 Å². The molecule has 78 valence electrons. The van der Waals surface area contributed by atoms with Gasteiger partial charge in [-0.25, -0.2) is 18.1 Å². The first kappa shape index (κ1) is 10.9. The number of aromatic nitrogens is 1. The second-order valence-electron chi connectivity index (χ2n) is 2.80. The number of pyridine rings is 1. The van der Waals surface area contributed by atoms with Crippen molar-refractivity contribution in [1.29, 1.82) is 0 Å². The Balaban J connectivity index is 2.99. The van der Waals surface area contributed by atoms with Gasteiger partial charge in [-0.2, -0.15) is 0 Å². The van der Waals surface area contributed by atoms with Crippen LogP contribution in [0.4, 0.5) is 5.69 Å². The molecule has 0 aliphatic carbocycles. The number of nitrogens with one attached hydrogen (secondary N) is 1. The number of hydrogen-bond donors (Lipinski definition) is 2. The Kier molecular flexibility index (Phi) is 3.43. The average molecular weight is 215 g/mol. The molecule has 0 radical (unpaired) electrons. The first-order chi connectivity index (χ1) is 6.58. The average Bonchev–Trinajstić information content (AvgIpc) is 2.15. The van der Waals surface area contributed by atoms with E-state index < -0.39 is 10.0 Å². The summed E-state index contributed by atoms with van der Waals surface area (Å²) in [5.74, 6) is 0. The molecule has 14 heavy (non-hydrogen) atoms. The number of nitrogen functional groups attached to an aromatic ring is 1. The first-order valence-electron chi connectivity index (χ1n) is 4.28. The zero-order chi connectivity index (χ0) is 10.6. The third-order valence-corrected chi connectivity index (χ3v) is 3.03. The fourth-order valence-corrected chi connectivity index (χ4v) is 2.12. The smallest absolute Gasteiger partial charge is 0.260 e. The highest BCUT2D eigenvalue weighted by Gasteiger charge is 2.17. The molecular weight excluding hydrogens is 202 g/mol. The molecule has 0 fully saturated rings. The molecular formula is C8H13N3O2S. The zero-order valence-electron chi connectivity index (χ0n) is 7.90. The van der Waals surface area contributed by atoms with Gasteiger partial charge in [-0.15, -0.1) is 0 Å². The first-order valence-corrected chi connectivity index (χ1v) is 5.76. The van der Waals surface area contributed by atoms with Crippen molar-refractivity contribution < 1.29 is 8.42 Å². The van der Waals surface area contributed by atoms with Gasteiger partial charge in [0.05, 0.1) is 5.69 Å². The summed E-state index contributed by atoms with van der Waals surface area (Å²) < 4.78 is 25.5. The van der Waals surface area contributed by atoms with Gasteiger partial charge in [0.15, 0.2) is 5.03 Å². The molecule has 0 saturated carbocycles. The monoisotopic (exact) mass is 215 g/mol. The van der Waals surface area contributed by atoms with E-state index in [1.807, 2.05) is 6.92 Å². The molecule has 0 unspecified atom stereocenters. The summed E-state index contributed by atoms with van der Waals surface area (Å²) in [4.78, 5) is 3.73. The van der Waals surface area contributed by atoms with Gasteiger partial charge >= 0.3 is 0 Å². The molecule has 0 aliphatic heterocycles. The summed E-state index contributed by atoms with van der Waals surface area (Å²) in [5.41, 5.74) is 5.66. The number of nitrogens with zero attached hydrogens (tertiary/aromatic N) is 1. The Morgan fingerprint density at radius 3 is 2.86 bits per heavy atom. The van der Waals surface area contributed by atoms with E-state index in [1.54, 1.807) is 6.07 Å². The SMILES string of the molecule is CCCNS(=O)(=O)c1ncccc1N. The Bertz CT molecular complexity index is 403. The second kappa shape index (κ2) is 4.39. The van der Waals surface area contributed by atoms with Crippen LogP contribution in [0.3, 0.4) is 0 Å². The number of anilines is 1. The van der Waals surface area contributed by atoms with Crippen molar-refractivity contribution in [3.05, 3.63) is 18.3 Å². The topological polar surface area (TPSA) is 85.1 Å². The highest BCUT2D eigenvalue weighted by molar-refractivity contribution is 7.89. The molecule has 5 nitrogen and oxygen atoms in total. The van der Waals surface area contributed by atoms with Crippen molar-refractivity contribution in [2.24, 2.45) is 0 Å². The van der Waals surface area contributed by atoms with Crippen LogP contribution in [0.15, 0.2) is 23.4 Å². The van der Waals surface area contributed by atoms with Crippen LogP contribution in [0.5, 0.6) is 0 Å². The lowest BCUT2D eigenvalue weighted by Gasteiger charge is -2.06. The predicted molar refractivity (Wildman–Crippen MR) is 54.1 cm³/mol. The van der Waals surface area contributed by atoms with E-state index in [0.29, 0.717) is 6.54 Å². The quantitative estimate of drug-likeness (QED) is 0.759. The van der Waals surface area contributed by atoms with E-state index in [0.717, 1.165) is 6.42 Å². The Morgan fingerprint density at radius 1 is 1.57 bits per heavy atom. The van der Waals surface area contributed by atoms with Gasteiger partial charge < -0.3 is 5.73 Å². The molecule has 1 heterocycles. The maximum Gasteiger partial charge on any atom is 0.260 e. The molecule has 3 N–H and O–H groups in total. The van der Waals surface area contributed by atoms with Gasteiger partial charge in [-0.1, -0.05) is 6.92 Å². The molecule has 1 aromatic heterocycles. The third kappa shape index (κ3) is 2.43. The van der Waals surface area contributed by atoms with Crippen LogP contribution in [-0.4, -0.2) is 19.9 Å². The van der Waals surface area contributed by atoms with Crippen molar-refractivity contribution in [3.8, 4) is 0 Å². The maximum absolute atomic E-state index is 11.6. The summed E-state index contributed by atoms with van der Waals surface area (Å²) in [6.07, 6.45) is 2.13. The summed E-state index contributed by atoms with van der Waals surface area (Å²) >= 11 is 0. The van der Waals surface area contributed by atoms with Crippen molar-refractivity contribution >= 4 is 15.7 Å². The molecule has 6 heteroatoms. The lowest BCUT2D eigenvalue weighted by atomic mass is 10.4. The molecule has 0 bridgehead atoms. The normalized spacial score (nSPS) is 11.5. The fraction of sp³-hybridized carbons (Fsp3) is 0.375. The van der Waals surface area contributed by atoms with Crippen molar-refractivity contribution in [2.75, 3.05) is 12.3 Å². The van der Waals surface area contributed by atoms with Crippen LogP contribution in [0.1, 0.15) is 13.3 Å². The van der Waals surface area contributed by atoms with Crippen molar-refractivity contribution in [1.82, 2.24) is 9.71 Å². The molecule has 0 spiro atoms. The van der Waals surface area contributed by atoms with Gasteiger partial charge in [-0.3, -0.25) is 0 Å². The van der Waals surface area contributed by atoms with Crippen LogP contribution in [0.2, 0.25) is 0 Å². The van der Waals surface area contributed by atoms with E-state index in [1.165, 1.54) is 12.3 Å². The highest BCUT2D eigenvalue weighted by atomic mass is 32.2. The Hall–Kier alpha value is -1.14. The van der Waals surface area contributed by atoms with Crippen LogP contribution in [-0.2, 0) is 10.0 Å². The molecule has 0 aromatic carbocycles. The van der Waals surface area contributed by atoms with Crippen molar-refractivity contribution in [2.45, 2.75) is 18.4 Å². The van der Waals surface area contributed by atoms with Gasteiger partial charge in [-0.05, 0) is 18.6 Å². The summed E-state index contributed by atoms with van der Waals surface area (Å²) in [6, 6.07) is 3.10. The minimum atomic E-state index is -3.54. The van der Waals surface area contributed by atoms with E-state index >= 15 is 0 Å². The van der Waals surface area contributed by atoms with E-state index in [2.05, 4.69) is 9.71 Å². The predicted octanol–water partition coefficient (Wildman–Crippen LogP) is 0.352. The molecule has 0 aliphatic rings. The zero-order valence-corrected chi connectivity index (χ0v) is 8.71. The molecule has 0 saturated heterocycles. The van der Waals surface area contributed by atoms with Gasteiger partial charge in [0, 0.05) is 12.7 Å². The lowest BCUT2D eigenvalue weighted by molar-refractivity contribution is 0.577. The summed E-state index contributed by atoms with van der Waals surface area (Å²) in [6.45, 7) is 2.27. The molecule has 1 aromatic rings. The van der Waals surface area contributed by atoms with Crippen LogP contribution in [0, 0.1) is 0 Å². The maximum atomic E-state index is 11.6. The van der Waals surface area contributed by atoms with E-state index in [4.69, 9.17) is 5.73 Å². The second-order valence-corrected chi connectivity index (χ2v) is 4.48. The number of sulfonamides is 1. The Labute approximate surface area is 83.4 Å². The van der Waals surface area contributed by atoms with Crippen LogP contribution >= 0.6 is 0 Å². The molecule has 0 amide bonds. The highest BCUT2D eigenvalue weighted by Crippen LogP contribution is 2.12. The van der Waals surface area contributed by atoms with Gasteiger partial charge in [0.2, 0.25) is 0 Å². The van der Waals surface area contributed by atoms with Gasteiger partial charge in [0.1, 0.15) is 0 Å². The fourth-order valence-electron chi connectivity index (χ4n) is 0.933. The van der Waals surface area contributed by atoms with E-state index in [9.17, 15) is 8.42 Å². The number of hydrogen-bond acceptors (Lipinski definition) is 4. The lowest BCUT2D eigenvalue weighted by Crippen LogP contribution is -2.26. The summed E-state index contributed by atoms with van der Waals surface area (Å²) in [5, 5.41) is -0.103. The minimum Gasteiger partial charge on any atom is -0.396 e. The Morgan fingerprint density at radius 2 is 2.29 bits per heavy atom. The summed E-state index contributed by atoms with van der Waals surface area (Å²) in [7, 11) is -3.54. The minimum absolute atomic E-state index is 0.103. The number of nitrogens with two attached hydrogens (primary N) is 1. The standard InChI is InChI=1S/C8H13N3O2S/c1-2-5-11-14(12,13)8-7(9)4-3-6-10-8/h3-4,6,11H,2,5,9H2,1H3. The molecule has 1 rings (SSSR count). The number of rotatable bonds is 4. The largest absolute Gasteiger partial charge is 0.396 e.